The maximum Gasteiger partial charge on any atom is 0.282 e. The lowest BCUT2D eigenvalue weighted by molar-refractivity contribution is 0.304. The molecule has 8 heteroatoms. The van der Waals surface area contributed by atoms with Crippen LogP contribution in [0.3, 0.4) is 0 Å². The van der Waals surface area contributed by atoms with Crippen molar-refractivity contribution in [2.24, 2.45) is 5.10 Å². The molecule has 184 valence electrons. The van der Waals surface area contributed by atoms with Crippen LogP contribution in [-0.2, 0) is 6.61 Å². The molecule has 3 aromatic carbocycles. The Morgan fingerprint density at radius 3 is 2.61 bits per heavy atom. The minimum Gasteiger partial charge on any atom is -0.488 e. The Morgan fingerprint density at radius 1 is 1.08 bits per heavy atom. The van der Waals surface area contributed by atoms with Gasteiger partial charge < -0.3 is 4.74 Å². The first-order chi connectivity index (χ1) is 17.5. The van der Waals surface area contributed by atoms with Crippen molar-refractivity contribution >= 4 is 55.6 Å². The molecule has 1 heterocycles. The van der Waals surface area contributed by atoms with Gasteiger partial charge in [-0.15, -0.1) is 0 Å². The monoisotopic (exact) mass is 659 g/mol. The summed E-state index contributed by atoms with van der Waals surface area (Å²) in [4.78, 5) is 18.4. The lowest BCUT2D eigenvalue weighted by Crippen LogP contribution is -2.25. The van der Waals surface area contributed by atoms with Gasteiger partial charge in [0.2, 0.25) is 0 Å². The molecule has 0 aliphatic heterocycles. The summed E-state index contributed by atoms with van der Waals surface area (Å²) in [5.41, 5.74) is 2.28. The molecule has 36 heavy (non-hydrogen) atoms. The Bertz CT molecular complexity index is 1480. The molecule has 0 bridgehead atoms. The molecule has 4 aromatic rings. The van der Waals surface area contributed by atoms with Crippen molar-refractivity contribution in [3.63, 3.8) is 0 Å². The van der Waals surface area contributed by atoms with Crippen molar-refractivity contribution < 1.29 is 9.13 Å². The van der Waals surface area contributed by atoms with E-state index in [0.29, 0.717) is 17.5 Å². The molecule has 0 N–H and O–H groups in total. The van der Waals surface area contributed by atoms with Crippen LogP contribution >= 0.6 is 38.5 Å². The molecule has 5 nitrogen and oxygen atoms in total. The molecule has 1 aliphatic carbocycles. The zero-order chi connectivity index (χ0) is 25.1. The van der Waals surface area contributed by atoms with Crippen molar-refractivity contribution in [2.75, 3.05) is 0 Å². The molecule has 0 amide bonds. The molecule has 0 saturated heterocycles. The van der Waals surface area contributed by atoms with Gasteiger partial charge in [0.15, 0.2) is 0 Å². The third-order valence-corrected chi connectivity index (χ3v) is 7.73. The minimum atomic E-state index is -0.267. The van der Waals surface area contributed by atoms with Crippen LogP contribution in [0.25, 0.3) is 10.9 Å². The van der Waals surface area contributed by atoms with E-state index in [9.17, 15) is 9.18 Å². The number of nitrogens with zero attached hydrogens (tertiary/aromatic N) is 3. The van der Waals surface area contributed by atoms with Crippen molar-refractivity contribution in [2.45, 2.75) is 44.6 Å². The molecule has 1 fully saturated rings. The maximum atomic E-state index is 13.5. The van der Waals surface area contributed by atoms with Crippen LogP contribution in [-0.4, -0.2) is 15.9 Å². The third-order valence-electron chi connectivity index (χ3n) is 6.39. The first-order valence-corrected chi connectivity index (χ1v) is 13.8. The van der Waals surface area contributed by atoms with Gasteiger partial charge in [-0.25, -0.2) is 9.37 Å². The summed E-state index contributed by atoms with van der Waals surface area (Å²) in [6.45, 7) is 0.349. The Labute approximate surface area is 230 Å². The van der Waals surface area contributed by atoms with Crippen LogP contribution in [0.4, 0.5) is 4.39 Å². The number of hydrogen-bond acceptors (Lipinski definition) is 4. The third kappa shape index (κ3) is 5.70. The van der Waals surface area contributed by atoms with E-state index in [2.05, 4.69) is 43.6 Å². The van der Waals surface area contributed by atoms with Gasteiger partial charge in [-0.3, -0.25) is 4.79 Å². The Morgan fingerprint density at radius 2 is 1.86 bits per heavy atom. The van der Waals surface area contributed by atoms with Gasteiger partial charge in [0.25, 0.3) is 5.56 Å². The lowest BCUT2D eigenvalue weighted by Gasteiger charge is -2.22. The Balaban J connectivity index is 1.43. The van der Waals surface area contributed by atoms with E-state index in [1.807, 2.05) is 30.3 Å². The summed E-state index contributed by atoms with van der Waals surface area (Å²) in [6.07, 6.45) is 7.23. The Kier molecular flexibility index (Phi) is 7.81. The predicted octanol–water partition coefficient (Wildman–Crippen LogP) is 7.41. The van der Waals surface area contributed by atoms with E-state index in [-0.39, 0.29) is 17.3 Å². The predicted molar refractivity (Wildman–Crippen MR) is 152 cm³/mol. The molecule has 0 atom stereocenters. The van der Waals surface area contributed by atoms with Gasteiger partial charge in [0.05, 0.1) is 20.7 Å². The summed E-state index contributed by atoms with van der Waals surface area (Å²) in [5.74, 6) is 1.42. The summed E-state index contributed by atoms with van der Waals surface area (Å²) < 4.78 is 22.3. The molecule has 0 unspecified atom stereocenters. The number of aromatic nitrogens is 2. The van der Waals surface area contributed by atoms with Crippen molar-refractivity contribution in [1.82, 2.24) is 9.66 Å². The largest absolute Gasteiger partial charge is 0.488 e. The number of rotatable bonds is 6. The van der Waals surface area contributed by atoms with Gasteiger partial charge in [0, 0.05) is 10.4 Å². The number of benzene rings is 3. The second kappa shape index (κ2) is 11.2. The van der Waals surface area contributed by atoms with Gasteiger partial charge in [0.1, 0.15) is 24.0 Å². The zero-order valence-corrected chi connectivity index (χ0v) is 23.2. The van der Waals surface area contributed by atoms with Crippen molar-refractivity contribution in [3.8, 4) is 5.75 Å². The first-order valence-electron chi connectivity index (χ1n) is 11.9. The van der Waals surface area contributed by atoms with Crippen LogP contribution in [0.2, 0.25) is 0 Å². The number of hydrogen-bond donors (Lipinski definition) is 0. The summed E-state index contributed by atoms with van der Waals surface area (Å²) in [5, 5.41) is 5.17. The molecular formula is C28H24BrFIN3O2. The highest BCUT2D eigenvalue weighted by Crippen LogP contribution is 2.32. The van der Waals surface area contributed by atoms with E-state index in [0.717, 1.165) is 56.4 Å². The molecular weight excluding hydrogens is 636 g/mol. The average Bonchev–Trinajstić information content (AvgIpc) is 2.89. The highest BCUT2D eigenvalue weighted by molar-refractivity contribution is 14.1. The van der Waals surface area contributed by atoms with E-state index in [1.54, 1.807) is 24.4 Å². The number of halogens is 3. The molecule has 1 saturated carbocycles. The second-order valence-electron chi connectivity index (χ2n) is 8.93. The first kappa shape index (κ1) is 25.1. The highest BCUT2D eigenvalue weighted by atomic mass is 127. The molecule has 1 aromatic heterocycles. The number of fused-ring (bicyclic) bond motifs is 1. The molecule has 0 radical (unpaired) electrons. The van der Waals surface area contributed by atoms with Gasteiger partial charge in [-0.1, -0.05) is 47.3 Å². The average molecular weight is 660 g/mol. The standard InChI is InChI=1S/C28H24BrFIN3O2/c29-21-9-12-25-23(15-21)28(35)34(27(33-25)20-4-2-1-3-5-20)32-16-19-8-13-26(24(31)14-19)36-17-18-6-10-22(30)11-7-18/h6-16,20H,1-5,17H2. The van der Waals surface area contributed by atoms with E-state index >= 15 is 0 Å². The molecule has 1 aliphatic rings. The van der Waals surface area contributed by atoms with Gasteiger partial charge in [-0.2, -0.15) is 9.78 Å². The van der Waals surface area contributed by atoms with Crippen LogP contribution in [0.15, 0.2) is 75.0 Å². The second-order valence-corrected chi connectivity index (χ2v) is 11.0. The molecule has 0 spiro atoms. The highest BCUT2D eigenvalue weighted by Gasteiger charge is 2.22. The van der Waals surface area contributed by atoms with Gasteiger partial charge in [-0.05, 0) is 95.1 Å². The smallest absolute Gasteiger partial charge is 0.282 e. The normalized spacial score (nSPS) is 14.5. The van der Waals surface area contributed by atoms with Crippen LogP contribution < -0.4 is 10.3 Å². The topological polar surface area (TPSA) is 56.5 Å². The van der Waals surface area contributed by atoms with E-state index in [4.69, 9.17) is 9.72 Å². The lowest BCUT2D eigenvalue weighted by atomic mass is 9.88. The van der Waals surface area contributed by atoms with Crippen LogP contribution in [0, 0.1) is 9.39 Å². The fourth-order valence-electron chi connectivity index (χ4n) is 4.48. The van der Waals surface area contributed by atoms with Crippen LogP contribution in [0.5, 0.6) is 5.75 Å². The fraction of sp³-hybridized carbons (Fsp3) is 0.250. The summed E-state index contributed by atoms with van der Waals surface area (Å²) in [7, 11) is 0. The van der Waals surface area contributed by atoms with Gasteiger partial charge >= 0.3 is 0 Å². The SMILES string of the molecule is O=c1c2cc(Br)ccc2nc(C2CCCCC2)n1N=Cc1ccc(OCc2ccc(F)cc2)c(I)c1. The number of ether oxygens (including phenoxy) is 1. The maximum absolute atomic E-state index is 13.5. The van der Waals surface area contributed by atoms with E-state index < -0.39 is 0 Å². The molecule has 5 rings (SSSR count). The Hall–Kier alpha value is -2.59. The fourth-order valence-corrected chi connectivity index (χ4v) is 5.54. The summed E-state index contributed by atoms with van der Waals surface area (Å²) >= 11 is 5.68. The minimum absolute atomic E-state index is 0.160. The zero-order valence-electron chi connectivity index (χ0n) is 19.5. The quantitative estimate of drug-likeness (QED) is 0.160. The van der Waals surface area contributed by atoms with Crippen molar-refractivity contribution in [1.29, 1.82) is 0 Å². The van der Waals surface area contributed by atoms with E-state index in [1.165, 1.54) is 23.2 Å². The van der Waals surface area contributed by atoms with Crippen molar-refractivity contribution in [3.05, 3.63) is 102 Å². The summed E-state index contributed by atoms with van der Waals surface area (Å²) in [6, 6.07) is 17.6. The van der Waals surface area contributed by atoms with Crippen LogP contribution in [0.1, 0.15) is 55.0 Å².